The van der Waals surface area contributed by atoms with Crippen molar-refractivity contribution in [1.29, 1.82) is 0 Å². The second-order valence-electron chi connectivity index (χ2n) is 6.92. The number of aromatic nitrogens is 2. The molecule has 0 fully saturated rings. The predicted octanol–water partition coefficient (Wildman–Crippen LogP) is 5.59. The summed E-state index contributed by atoms with van der Waals surface area (Å²) in [5.74, 6) is 0.128. The molecule has 1 amide bonds. The van der Waals surface area contributed by atoms with Gasteiger partial charge in [0.15, 0.2) is 0 Å². The Kier molecular flexibility index (Phi) is 6.43. The van der Waals surface area contributed by atoms with Crippen molar-refractivity contribution in [3.63, 3.8) is 0 Å². The molecule has 0 aliphatic carbocycles. The van der Waals surface area contributed by atoms with Gasteiger partial charge in [-0.1, -0.05) is 53.7 Å². The van der Waals surface area contributed by atoms with Gasteiger partial charge < -0.3 is 9.84 Å². The average Bonchev–Trinajstić information content (AvgIpc) is 3.30. The molecule has 156 valence electrons. The van der Waals surface area contributed by atoms with E-state index in [2.05, 4.69) is 15.5 Å². The first kappa shape index (κ1) is 20.8. The molecule has 2 atom stereocenters. The maximum absolute atomic E-state index is 13.2. The lowest BCUT2D eigenvalue weighted by molar-refractivity contribution is -0.121. The van der Waals surface area contributed by atoms with Crippen LogP contribution in [0.4, 0.5) is 4.39 Å². The highest BCUT2D eigenvalue weighted by molar-refractivity contribution is 8.00. The summed E-state index contributed by atoms with van der Waals surface area (Å²) in [6.45, 7) is 1.79. The SMILES string of the molecule is C[C@H](NC(=O)[C@H](Sc1ccccc1)c1ccccc1)c1nc(-c2ccc(F)cc2)no1. The third-order valence-corrected chi connectivity index (χ3v) is 5.88. The molecular weight excluding hydrogens is 413 g/mol. The second kappa shape index (κ2) is 9.57. The molecule has 1 heterocycles. The number of hydrogen-bond donors (Lipinski definition) is 1. The van der Waals surface area contributed by atoms with Crippen LogP contribution in [0.25, 0.3) is 11.4 Å². The van der Waals surface area contributed by atoms with Crippen LogP contribution in [0.1, 0.15) is 29.7 Å². The molecular formula is C24H20FN3O2S. The highest BCUT2D eigenvalue weighted by Crippen LogP contribution is 2.35. The molecule has 0 aliphatic rings. The van der Waals surface area contributed by atoms with Gasteiger partial charge in [0, 0.05) is 10.5 Å². The van der Waals surface area contributed by atoms with Gasteiger partial charge in [-0.25, -0.2) is 4.39 Å². The summed E-state index contributed by atoms with van der Waals surface area (Å²) in [5, 5.41) is 6.48. The predicted molar refractivity (Wildman–Crippen MR) is 118 cm³/mol. The Labute approximate surface area is 183 Å². The van der Waals surface area contributed by atoms with Gasteiger partial charge >= 0.3 is 0 Å². The van der Waals surface area contributed by atoms with Crippen LogP contribution in [0.2, 0.25) is 0 Å². The fourth-order valence-electron chi connectivity index (χ4n) is 3.01. The Hall–Kier alpha value is -3.45. The summed E-state index contributed by atoms with van der Waals surface area (Å²) in [6, 6.07) is 24.7. The van der Waals surface area contributed by atoms with Gasteiger partial charge in [0.1, 0.15) is 17.1 Å². The van der Waals surface area contributed by atoms with Crippen molar-refractivity contribution >= 4 is 17.7 Å². The topological polar surface area (TPSA) is 68.0 Å². The van der Waals surface area contributed by atoms with E-state index in [1.54, 1.807) is 19.1 Å². The molecule has 7 heteroatoms. The Balaban J connectivity index is 1.51. The number of carbonyl (C=O) groups is 1. The zero-order valence-corrected chi connectivity index (χ0v) is 17.6. The number of thioether (sulfide) groups is 1. The van der Waals surface area contributed by atoms with Crippen LogP contribution >= 0.6 is 11.8 Å². The number of carbonyl (C=O) groups excluding carboxylic acids is 1. The largest absolute Gasteiger partial charge is 0.343 e. The highest BCUT2D eigenvalue weighted by atomic mass is 32.2. The van der Waals surface area contributed by atoms with Gasteiger partial charge in [-0.2, -0.15) is 4.98 Å². The zero-order valence-electron chi connectivity index (χ0n) is 16.7. The number of hydrogen-bond acceptors (Lipinski definition) is 5. The van der Waals surface area contributed by atoms with Crippen molar-refractivity contribution in [2.24, 2.45) is 0 Å². The highest BCUT2D eigenvalue weighted by Gasteiger charge is 2.25. The van der Waals surface area contributed by atoms with Crippen LogP contribution in [0.5, 0.6) is 0 Å². The van der Waals surface area contributed by atoms with Crippen LogP contribution in [0.15, 0.2) is 94.3 Å². The van der Waals surface area contributed by atoms with E-state index >= 15 is 0 Å². The molecule has 31 heavy (non-hydrogen) atoms. The van der Waals surface area contributed by atoms with Gasteiger partial charge in [0.05, 0.1) is 0 Å². The van der Waals surface area contributed by atoms with E-state index < -0.39 is 11.3 Å². The minimum absolute atomic E-state index is 0.158. The summed E-state index contributed by atoms with van der Waals surface area (Å²) in [4.78, 5) is 18.5. The zero-order chi connectivity index (χ0) is 21.6. The summed E-state index contributed by atoms with van der Waals surface area (Å²) in [5.41, 5.74) is 1.54. The monoisotopic (exact) mass is 433 g/mol. The van der Waals surface area contributed by atoms with Gasteiger partial charge in [-0.3, -0.25) is 4.79 Å². The third-order valence-electron chi connectivity index (χ3n) is 4.61. The van der Waals surface area contributed by atoms with Crippen molar-refractivity contribution in [1.82, 2.24) is 15.5 Å². The molecule has 0 unspecified atom stereocenters. The van der Waals surface area contributed by atoms with Crippen molar-refractivity contribution in [3.05, 3.63) is 102 Å². The number of amides is 1. The number of benzene rings is 3. The normalized spacial score (nSPS) is 12.8. The molecule has 0 radical (unpaired) electrons. The van der Waals surface area contributed by atoms with E-state index in [-0.39, 0.29) is 17.6 Å². The number of halogens is 1. The quantitative estimate of drug-likeness (QED) is 0.385. The van der Waals surface area contributed by atoms with Gasteiger partial charge in [0.2, 0.25) is 17.6 Å². The number of nitrogens with one attached hydrogen (secondary N) is 1. The molecule has 0 aliphatic heterocycles. The molecule has 0 bridgehead atoms. The van der Waals surface area contributed by atoms with Crippen molar-refractivity contribution in [2.45, 2.75) is 23.1 Å². The van der Waals surface area contributed by atoms with Crippen LogP contribution in [-0.2, 0) is 4.79 Å². The van der Waals surface area contributed by atoms with E-state index in [9.17, 15) is 9.18 Å². The van der Waals surface area contributed by atoms with E-state index in [1.807, 2.05) is 60.7 Å². The lowest BCUT2D eigenvalue weighted by Gasteiger charge is -2.19. The fourth-order valence-corrected chi connectivity index (χ4v) is 4.07. The lowest BCUT2D eigenvalue weighted by atomic mass is 10.1. The molecule has 0 spiro atoms. The maximum Gasteiger partial charge on any atom is 0.249 e. The van der Waals surface area contributed by atoms with Crippen LogP contribution in [0, 0.1) is 5.82 Å². The lowest BCUT2D eigenvalue weighted by Crippen LogP contribution is -2.30. The standard InChI is InChI=1S/C24H20FN3O2S/c1-16(24-27-22(28-30-24)18-12-14-19(25)15-13-18)26-23(29)21(17-8-4-2-5-9-17)31-20-10-6-3-7-11-20/h2-16,21H,1H3,(H,26,29)/t16-,21+/m0/s1. The molecule has 3 aromatic carbocycles. The molecule has 4 rings (SSSR count). The van der Waals surface area contributed by atoms with Crippen LogP contribution in [-0.4, -0.2) is 16.0 Å². The second-order valence-corrected chi connectivity index (χ2v) is 8.09. The van der Waals surface area contributed by atoms with Crippen molar-refractivity contribution in [3.8, 4) is 11.4 Å². The molecule has 0 saturated carbocycles. The van der Waals surface area contributed by atoms with E-state index in [0.29, 0.717) is 11.4 Å². The number of rotatable bonds is 7. The van der Waals surface area contributed by atoms with Crippen LogP contribution in [0.3, 0.4) is 0 Å². The van der Waals surface area contributed by atoms with Crippen LogP contribution < -0.4 is 5.32 Å². The average molecular weight is 434 g/mol. The number of nitrogens with zero attached hydrogens (tertiary/aromatic N) is 2. The smallest absolute Gasteiger partial charge is 0.249 e. The van der Waals surface area contributed by atoms with E-state index in [1.165, 1.54) is 23.9 Å². The van der Waals surface area contributed by atoms with Gasteiger partial charge in [-0.15, -0.1) is 11.8 Å². The summed E-state index contributed by atoms with van der Waals surface area (Å²) in [7, 11) is 0. The molecule has 1 aromatic heterocycles. The first-order valence-corrected chi connectivity index (χ1v) is 10.6. The van der Waals surface area contributed by atoms with Crippen molar-refractivity contribution in [2.75, 3.05) is 0 Å². The van der Waals surface area contributed by atoms with Gasteiger partial charge in [0.25, 0.3) is 0 Å². The van der Waals surface area contributed by atoms with Gasteiger partial charge in [-0.05, 0) is 48.9 Å². The molecule has 0 saturated heterocycles. The molecule has 4 aromatic rings. The first-order valence-electron chi connectivity index (χ1n) is 9.77. The Morgan fingerprint density at radius 3 is 2.29 bits per heavy atom. The third kappa shape index (κ3) is 5.19. The summed E-state index contributed by atoms with van der Waals surface area (Å²) >= 11 is 1.48. The van der Waals surface area contributed by atoms with E-state index in [0.717, 1.165) is 10.5 Å². The minimum atomic E-state index is -0.489. The molecule has 5 nitrogen and oxygen atoms in total. The Bertz CT molecular complexity index is 1130. The minimum Gasteiger partial charge on any atom is -0.343 e. The Morgan fingerprint density at radius 1 is 0.968 bits per heavy atom. The van der Waals surface area contributed by atoms with E-state index in [4.69, 9.17) is 4.52 Å². The van der Waals surface area contributed by atoms with Crippen molar-refractivity contribution < 1.29 is 13.7 Å². The maximum atomic E-state index is 13.2. The summed E-state index contributed by atoms with van der Waals surface area (Å²) < 4.78 is 18.5. The molecule has 1 N–H and O–H groups in total. The summed E-state index contributed by atoms with van der Waals surface area (Å²) in [6.07, 6.45) is 0. The fraction of sp³-hybridized carbons (Fsp3) is 0.125. The first-order chi connectivity index (χ1) is 15.1. The Morgan fingerprint density at radius 2 is 1.61 bits per heavy atom.